The van der Waals surface area contributed by atoms with Crippen LogP contribution in [-0.4, -0.2) is 15.6 Å². The SMILES string of the molecule is CC(CC(N)C[n+]1cccnc1)n1ccc2ccccc21. The van der Waals surface area contributed by atoms with Gasteiger partial charge in [0.05, 0.1) is 6.20 Å². The molecule has 0 aliphatic heterocycles. The van der Waals surface area contributed by atoms with E-state index >= 15 is 0 Å². The molecule has 4 nitrogen and oxygen atoms in total. The molecule has 2 heterocycles. The van der Waals surface area contributed by atoms with E-state index in [0.717, 1.165) is 13.0 Å². The Morgan fingerprint density at radius 3 is 2.90 bits per heavy atom. The summed E-state index contributed by atoms with van der Waals surface area (Å²) >= 11 is 0. The van der Waals surface area contributed by atoms with Crippen LogP contribution in [0.5, 0.6) is 0 Å². The molecular weight excluding hydrogens is 260 g/mol. The summed E-state index contributed by atoms with van der Waals surface area (Å²) in [6.07, 6.45) is 8.68. The third-order valence-corrected chi connectivity index (χ3v) is 3.86. The van der Waals surface area contributed by atoms with Crippen LogP contribution in [0.4, 0.5) is 0 Å². The Morgan fingerprint density at radius 1 is 1.24 bits per heavy atom. The summed E-state index contributed by atoms with van der Waals surface area (Å²) in [7, 11) is 0. The minimum atomic E-state index is 0.107. The maximum Gasteiger partial charge on any atom is 0.286 e. The highest BCUT2D eigenvalue weighted by atomic mass is 15.0. The molecule has 0 aliphatic carbocycles. The summed E-state index contributed by atoms with van der Waals surface area (Å²) in [5, 5.41) is 1.28. The number of benzene rings is 1. The number of nitrogens with two attached hydrogens (primary N) is 1. The molecule has 2 aromatic heterocycles. The zero-order chi connectivity index (χ0) is 14.7. The van der Waals surface area contributed by atoms with Crippen LogP contribution in [0.25, 0.3) is 10.9 Å². The van der Waals surface area contributed by atoms with Gasteiger partial charge in [0.25, 0.3) is 6.33 Å². The topological polar surface area (TPSA) is 47.7 Å². The van der Waals surface area contributed by atoms with Gasteiger partial charge in [0.1, 0.15) is 12.7 Å². The molecule has 2 unspecified atom stereocenters. The molecule has 0 saturated carbocycles. The second kappa shape index (κ2) is 6.06. The molecule has 1 aromatic carbocycles. The standard InChI is InChI=1S/C17H21N4/c1-14(11-16(18)12-20-9-4-8-19-13-20)21-10-7-15-5-2-3-6-17(15)21/h2-10,13-14,16H,11-12,18H2,1H3/q+1. The van der Waals surface area contributed by atoms with Gasteiger partial charge >= 0.3 is 0 Å². The fourth-order valence-electron chi connectivity index (χ4n) is 2.86. The molecule has 0 amide bonds. The molecule has 3 aromatic rings. The third-order valence-electron chi connectivity index (χ3n) is 3.86. The van der Waals surface area contributed by atoms with E-state index in [1.807, 2.05) is 23.2 Å². The molecule has 0 saturated heterocycles. The van der Waals surface area contributed by atoms with Crippen molar-refractivity contribution in [3.8, 4) is 0 Å². The second-order valence-electron chi connectivity index (χ2n) is 5.58. The Balaban J connectivity index is 1.69. The summed E-state index contributed by atoms with van der Waals surface area (Å²) in [5.41, 5.74) is 7.56. The van der Waals surface area contributed by atoms with Gasteiger partial charge in [-0.15, -0.1) is 0 Å². The Bertz CT molecular complexity index is 705. The quantitative estimate of drug-likeness (QED) is 0.730. The average molecular weight is 281 g/mol. The Hall–Kier alpha value is -2.20. The van der Waals surface area contributed by atoms with Crippen LogP contribution in [-0.2, 0) is 6.54 Å². The highest BCUT2D eigenvalue weighted by molar-refractivity contribution is 5.80. The first kappa shape index (κ1) is 13.8. The summed E-state index contributed by atoms with van der Waals surface area (Å²) in [4.78, 5) is 4.11. The monoisotopic (exact) mass is 281 g/mol. The highest BCUT2D eigenvalue weighted by Gasteiger charge is 2.14. The van der Waals surface area contributed by atoms with Crippen LogP contribution in [0.3, 0.4) is 0 Å². The van der Waals surface area contributed by atoms with E-state index in [9.17, 15) is 0 Å². The van der Waals surface area contributed by atoms with Gasteiger partial charge in [-0.25, -0.2) is 4.57 Å². The molecule has 0 aliphatic rings. The number of rotatable bonds is 5. The summed E-state index contributed by atoms with van der Waals surface area (Å²) in [6, 6.07) is 13.0. The van der Waals surface area contributed by atoms with Crippen LogP contribution in [0.2, 0.25) is 0 Å². The Kier molecular flexibility index (Phi) is 3.97. The molecule has 3 rings (SSSR count). The first-order valence-corrected chi connectivity index (χ1v) is 7.34. The molecular formula is C17H21N4+. The first-order valence-electron chi connectivity index (χ1n) is 7.34. The van der Waals surface area contributed by atoms with Gasteiger partial charge in [0, 0.05) is 29.9 Å². The number of fused-ring (bicyclic) bond motifs is 1. The fraction of sp³-hybridized carbons (Fsp3) is 0.294. The first-order chi connectivity index (χ1) is 10.2. The maximum atomic E-state index is 6.29. The van der Waals surface area contributed by atoms with E-state index in [1.165, 1.54) is 10.9 Å². The van der Waals surface area contributed by atoms with Crippen molar-refractivity contribution in [2.24, 2.45) is 5.73 Å². The van der Waals surface area contributed by atoms with Crippen molar-refractivity contribution in [1.82, 2.24) is 9.55 Å². The minimum Gasteiger partial charge on any atom is -0.345 e. The maximum absolute atomic E-state index is 6.29. The van der Waals surface area contributed by atoms with Crippen molar-refractivity contribution < 1.29 is 4.57 Å². The largest absolute Gasteiger partial charge is 0.345 e. The van der Waals surface area contributed by atoms with Crippen molar-refractivity contribution >= 4 is 10.9 Å². The Morgan fingerprint density at radius 2 is 2.10 bits per heavy atom. The molecule has 0 spiro atoms. The predicted molar refractivity (Wildman–Crippen MR) is 83.7 cm³/mol. The number of para-hydroxylation sites is 1. The number of nitrogens with zero attached hydrogens (tertiary/aromatic N) is 3. The number of hydrogen-bond acceptors (Lipinski definition) is 2. The number of hydrogen-bond donors (Lipinski definition) is 1. The van der Waals surface area contributed by atoms with E-state index in [-0.39, 0.29) is 6.04 Å². The van der Waals surface area contributed by atoms with Crippen LogP contribution >= 0.6 is 0 Å². The average Bonchev–Trinajstić information content (AvgIpc) is 2.92. The van der Waals surface area contributed by atoms with Crippen LogP contribution in [0.1, 0.15) is 19.4 Å². The van der Waals surface area contributed by atoms with Crippen molar-refractivity contribution in [2.45, 2.75) is 32.0 Å². The lowest BCUT2D eigenvalue weighted by atomic mass is 10.1. The van der Waals surface area contributed by atoms with Crippen molar-refractivity contribution in [2.75, 3.05) is 0 Å². The third kappa shape index (κ3) is 3.11. The molecule has 21 heavy (non-hydrogen) atoms. The van der Waals surface area contributed by atoms with Gasteiger partial charge in [-0.3, -0.25) is 0 Å². The lowest BCUT2D eigenvalue weighted by molar-refractivity contribution is -0.701. The van der Waals surface area contributed by atoms with Gasteiger partial charge in [-0.2, -0.15) is 0 Å². The zero-order valence-corrected chi connectivity index (χ0v) is 12.3. The lowest BCUT2D eigenvalue weighted by Crippen LogP contribution is -2.44. The van der Waals surface area contributed by atoms with E-state index in [2.05, 4.69) is 53.0 Å². The molecule has 4 heteroatoms. The van der Waals surface area contributed by atoms with Gasteiger partial charge in [0.2, 0.25) is 0 Å². The summed E-state index contributed by atoms with van der Waals surface area (Å²) in [6.45, 7) is 3.01. The van der Waals surface area contributed by atoms with Crippen LogP contribution < -0.4 is 10.3 Å². The van der Waals surface area contributed by atoms with Gasteiger partial charge in [0.15, 0.2) is 0 Å². The smallest absolute Gasteiger partial charge is 0.286 e. The Labute approximate surface area is 124 Å². The van der Waals surface area contributed by atoms with Gasteiger partial charge < -0.3 is 10.3 Å². The molecule has 0 fully saturated rings. The summed E-state index contributed by atoms with van der Waals surface area (Å²) in [5.74, 6) is 0. The number of aromatic nitrogens is 3. The molecule has 0 radical (unpaired) electrons. The van der Waals surface area contributed by atoms with Crippen molar-refractivity contribution in [1.29, 1.82) is 0 Å². The zero-order valence-electron chi connectivity index (χ0n) is 12.3. The second-order valence-corrected chi connectivity index (χ2v) is 5.58. The van der Waals surface area contributed by atoms with Crippen molar-refractivity contribution in [3.05, 3.63) is 61.3 Å². The molecule has 2 atom stereocenters. The molecule has 0 bridgehead atoms. The predicted octanol–water partition coefficient (Wildman–Crippen LogP) is 2.30. The van der Waals surface area contributed by atoms with Crippen molar-refractivity contribution in [3.63, 3.8) is 0 Å². The summed E-state index contributed by atoms with van der Waals surface area (Å²) < 4.78 is 4.34. The van der Waals surface area contributed by atoms with E-state index in [4.69, 9.17) is 5.73 Å². The lowest BCUT2D eigenvalue weighted by Gasteiger charge is -2.19. The van der Waals surface area contributed by atoms with Gasteiger partial charge in [-0.05, 0) is 30.9 Å². The highest BCUT2D eigenvalue weighted by Crippen LogP contribution is 2.22. The van der Waals surface area contributed by atoms with E-state index < -0.39 is 0 Å². The van der Waals surface area contributed by atoms with Gasteiger partial charge in [-0.1, -0.05) is 23.2 Å². The van der Waals surface area contributed by atoms with E-state index in [0.29, 0.717) is 6.04 Å². The van der Waals surface area contributed by atoms with Crippen LogP contribution in [0.15, 0.2) is 61.3 Å². The molecule has 2 N–H and O–H groups in total. The minimum absolute atomic E-state index is 0.107. The fourth-order valence-corrected chi connectivity index (χ4v) is 2.86. The van der Waals surface area contributed by atoms with E-state index in [1.54, 1.807) is 6.20 Å². The normalized spacial score (nSPS) is 14.2. The van der Waals surface area contributed by atoms with Crippen LogP contribution in [0, 0.1) is 0 Å². The molecule has 108 valence electrons.